The van der Waals surface area contributed by atoms with E-state index in [1.165, 1.54) is 12.0 Å². The Morgan fingerprint density at radius 3 is 2.25 bits per heavy atom. The molecule has 2 aromatic heterocycles. The van der Waals surface area contributed by atoms with Crippen LogP contribution in [0.2, 0.25) is 0 Å². The number of carbonyl (C=O) groups excluding carboxylic acids is 2. The topological polar surface area (TPSA) is 161 Å². The molecular formula is C27H30N4O6S3. The standard InChI is InChI=1S/C16H16N2O3S3.C11H14N2O3/c1-11(14-10-23-16(17-14)15-3-2-8-22-15)9-12-4-6-13(7-5-12)18-24(19,20)21;1-16-11(15)13-9(10(12)14)7-8-5-3-2-4-6-8/h2-8,10-11,18H,9H2,1H3,(H,19,20,21);2-6,9H,7H2,1H3,(H2,12,14)(H,13,15)/t;9-/m.1/s1. The van der Waals surface area contributed by atoms with E-state index in [0.29, 0.717) is 12.1 Å². The Bertz CT molecular complexity index is 1470. The molecule has 13 heteroatoms. The number of thiazole rings is 1. The molecule has 0 saturated carbocycles. The number of ether oxygens (including phenoxy) is 1. The SMILES string of the molecule is CC(Cc1ccc(NS(=O)(=O)O)cc1)c1csc(-c2cccs2)n1.COC(=O)N[C@H](Cc1ccccc1)C(N)=O. The van der Waals surface area contributed by atoms with Gasteiger partial charge in [0.2, 0.25) is 5.91 Å². The molecule has 0 spiro atoms. The van der Waals surface area contributed by atoms with Crippen LogP contribution in [0.15, 0.2) is 77.5 Å². The van der Waals surface area contributed by atoms with Crippen LogP contribution < -0.4 is 15.8 Å². The fourth-order valence-electron chi connectivity index (χ4n) is 3.62. The second-order valence-corrected chi connectivity index (χ2v) is 11.7. The van der Waals surface area contributed by atoms with Crippen LogP contribution >= 0.6 is 22.7 Å². The molecule has 212 valence electrons. The number of benzene rings is 2. The number of methoxy groups -OCH3 is 1. The number of alkyl carbamates (subject to hydrolysis) is 1. The van der Waals surface area contributed by atoms with E-state index < -0.39 is 28.3 Å². The Morgan fingerprint density at radius 2 is 1.68 bits per heavy atom. The maximum absolute atomic E-state index is 11.1. The number of hydrogen-bond acceptors (Lipinski definition) is 8. The lowest BCUT2D eigenvalue weighted by atomic mass is 9.99. The van der Waals surface area contributed by atoms with Crippen LogP contribution in [0.5, 0.6) is 0 Å². The molecule has 2 aromatic carbocycles. The number of anilines is 1. The minimum atomic E-state index is -4.23. The van der Waals surface area contributed by atoms with Gasteiger partial charge < -0.3 is 15.8 Å². The van der Waals surface area contributed by atoms with Crippen molar-refractivity contribution in [1.29, 1.82) is 0 Å². The summed E-state index contributed by atoms with van der Waals surface area (Å²) in [6, 6.07) is 19.6. The molecule has 2 atom stereocenters. The van der Waals surface area contributed by atoms with E-state index in [2.05, 4.69) is 28.4 Å². The molecule has 0 radical (unpaired) electrons. The number of aromatic nitrogens is 1. The van der Waals surface area contributed by atoms with Crippen molar-refractivity contribution in [2.45, 2.75) is 31.7 Å². The lowest BCUT2D eigenvalue weighted by Crippen LogP contribution is -2.45. The number of nitrogens with one attached hydrogen (secondary N) is 2. The van der Waals surface area contributed by atoms with Gasteiger partial charge in [0, 0.05) is 17.7 Å². The molecule has 2 amide bonds. The Kier molecular flexibility index (Phi) is 11.2. The Balaban J connectivity index is 0.000000241. The summed E-state index contributed by atoms with van der Waals surface area (Å²) < 4.78 is 36.8. The molecule has 2 heterocycles. The summed E-state index contributed by atoms with van der Waals surface area (Å²) >= 11 is 3.33. The van der Waals surface area contributed by atoms with Crippen LogP contribution in [-0.2, 0) is 32.7 Å². The molecule has 4 aromatic rings. The van der Waals surface area contributed by atoms with Crippen molar-refractivity contribution in [3.8, 4) is 9.88 Å². The number of rotatable bonds is 10. The first-order valence-electron chi connectivity index (χ1n) is 12.0. The van der Waals surface area contributed by atoms with E-state index >= 15 is 0 Å². The lowest BCUT2D eigenvalue weighted by Gasteiger charge is -2.14. The van der Waals surface area contributed by atoms with Crippen molar-refractivity contribution >= 4 is 50.7 Å². The third kappa shape index (κ3) is 10.1. The third-order valence-electron chi connectivity index (χ3n) is 5.61. The van der Waals surface area contributed by atoms with E-state index in [1.54, 1.807) is 34.8 Å². The summed E-state index contributed by atoms with van der Waals surface area (Å²) in [6.07, 6.45) is 0.491. The van der Waals surface area contributed by atoms with Gasteiger partial charge in [0.15, 0.2) is 0 Å². The highest BCUT2D eigenvalue weighted by Gasteiger charge is 2.18. The van der Waals surface area contributed by atoms with Crippen LogP contribution in [0.1, 0.15) is 29.7 Å². The molecule has 5 N–H and O–H groups in total. The molecule has 0 aliphatic carbocycles. The molecular weight excluding hydrogens is 573 g/mol. The second kappa shape index (κ2) is 14.6. The van der Waals surface area contributed by atoms with Crippen LogP contribution in [0, 0.1) is 0 Å². The fraction of sp³-hybridized carbons (Fsp3) is 0.222. The Hall–Kier alpha value is -3.78. The van der Waals surface area contributed by atoms with Crippen molar-refractivity contribution in [2.24, 2.45) is 5.73 Å². The molecule has 10 nitrogen and oxygen atoms in total. The van der Waals surface area contributed by atoms with Crippen LogP contribution in [-0.4, -0.2) is 43.1 Å². The number of thiophene rings is 1. The van der Waals surface area contributed by atoms with Crippen molar-refractivity contribution in [3.05, 3.63) is 94.3 Å². The van der Waals surface area contributed by atoms with Gasteiger partial charge in [-0.2, -0.15) is 8.42 Å². The van der Waals surface area contributed by atoms with Crippen LogP contribution in [0.3, 0.4) is 0 Å². The fourth-order valence-corrected chi connectivity index (χ4v) is 5.81. The van der Waals surface area contributed by atoms with Gasteiger partial charge in [-0.25, -0.2) is 9.78 Å². The number of amides is 2. The van der Waals surface area contributed by atoms with Gasteiger partial charge in [0.05, 0.1) is 23.4 Å². The zero-order chi connectivity index (χ0) is 29.1. The Morgan fingerprint density at radius 1 is 1.00 bits per heavy atom. The highest BCUT2D eigenvalue weighted by atomic mass is 32.2. The lowest BCUT2D eigenvalue weighted by molar-refractivity contribution is -0.119. The van der Waals surface area contributed by atoms with Crippen LogP contribution in [0.25, 0.3) is 9.88 Å². The van der Waals surface area contributed by atoms with Gasteiger partial charge >= 0.3 is 16.4 Å². The summed E-state index contributed by atoms with van der Waals surface area (Å²) in [5, 5.41) is 7.56. The quantitative estimate of drug-likeness (QED) is 0.188. The zero-order valence-corrected chi connectivity index (χ0v) is 24.3. The first kappa shape index (κ1) is 30.8. The average Bonchev–Trinajstić information content (AvgIpc) is 3.62. The monoisotopic (exact) mass is 602 g/mol. The van der Waals surface area contributed by atoms with Gasteiger partial charge in [-0.15, -0.1) is 22.7 Å². The largest absolute Gasteiger partial charge is 0.453 e. The molecule has 40 heavy (non-hydrogen) atoms. The highest BCUT2D eigenvalue weighted by Crippen LogP contribution is 2.31. The molecule has 0 bridgehead atoms. The van der Waals surface area contributed by atoms with E-state index in [1.807, 2.05) is 58.6 Å². The zero-order valence-electron chi connectivity index (χ0n) is 21.8. The molecule has 4 rings (SSSR count). The van der Waals surface area contributed by atoms with Crippen molar-refractivity contribution < 1.29 is 27.3 Å². The number of nitrogens with two attached hydrogens (primary N) is 1. The van der Waals surface area contributed by atoms with Crippen molar-refractivity contribution in [2.75, 3.05) is 11.8 Å². The minimum Gasteiger partial charge on any atom is -0.453 e. The number of primary amides is 1. The van der Waals surface area contributed by atoms with Crippen molar-refractivity contribution in [1.82, 2.24) is 10.3 Å². The number of carbonyl (C=O) groups is 2. The smallest absolute Gasteiger partial charge is 0.407 e. The summed E-state index contributed by atoms with van der Waals surface area (Å²) in [5.41, 5.74) is 8.57. The van der Waals surface area contributed by atoms with E-state index in [9.17, 15) is 18.0 Å². The predicted molar refractivity (Wildman–Crippen MR) is 158 cm³/mol. The van der Waals surface area contributed by atoms with Gasteiger partial charge in [-0.05, 0) is 41.1 Å². The molecule has 1 unspecified atom stereocenters. The van der Waals surface area contributed by atoms with E-state index in [-0.39, 0.29) is 5.92 Å². The third-order valence-corrected chi connectivity index (χ3v) is 8.00. The van der Waals surface area contributed by atoms with Gasteiger partial charge in [0.25, 0.3) is 0 Å². The normalized spacial score (nSPS) is 12.4. The minimum absolute atomic E-state index is 0.260. The number of hydrogen-bond donors (Lipinski definition) is 4. The van der Waals surface area contributed by atoms with E-state index in [0.717, 1.165) is 28.2 Å². The summed E-state index contributed by atoms with van der Waals surface area (Å²) in [4.78, 5) is 28.0. The number of nitrogens with zero attached hydrogens (tertiary/aromatic N) is 1. The van der Waals surface area contributed by atoms with Crippen molar-refractivity contribution in [3.63, 3.8) is 0 Å². The van der Waals surface area contributed by atoms with Crippen LogP contribution in [0.4, 0.5) is 10.5 Å². The first-order valence-corrected chi connectivity index (χ1v) is 15.2. The molecule has 0 aliphatic rings. The first-order chi connectivity index (χ1) is 19.0. The summed E-state index contributed by atoms with van der Waals surface area (Å²) in [6.45, 7) is 2.12. The Labute approximate surface area is 241 Å². The van der Waals surface area contributed by atoms with Gasteiger partial charge in [-0.3, -0.25) is 14.1 Å². The second-order valence-electron chi connectivity index (χ2n) is 8.71. The summed E-state index contributed by atoms with van der Waals surface area (Å²) in [7, 11) is -3.00. The van der Waals surface area contributed by atoms with E-state index in [4.69, 9.17) is 15.3 Å². The van der Waals surface area contributed by atoms with Gasteiger partial charge in [-0.1, -0.05) is 55.5 Å². The predicted octanol–water partition coefficient (Wildman–Crippen LogP) is 4.87. The maximum Gasteiger partial charge on any atom is 0.407 e. The molecule has 0 aliphatic heterocycles. The molecule has 0 saturated heterocycles. The maximum atomic E-state index is 11.1. The summed E-state index contributed by atoms with van der Waals surface area (Å²) in [5.74, 6) is -0.329. The average molecular weight is 603 g/mol. The highest BCUT2D eigenvalue weighted by molar-refractivity contribution is 7.87. The molecule has 0 fully saturated rings. The van der Waals surface area contributed by atoms with Gasteiger partial charge in [0.1, 0.15) is 11.0 Å².